The zero-order valence-electron chi connectivity index (χ0n) is 13.4. The third-order valence-electron chi connectivity index (χ3n) is 3.18. The molecule has 0 unspecified atom stereocenters. The van der Waals surface area contributed by atoms with Crippen LogP contribution in [-0.4, -0.2) is 17.0 Å². The van der Waals surface area contributed by atoms with Crippen LogP contribution < -0.4 is 10.1 Å². The van der Waals surface area contributed by atoms with Gasteiger partial charge in [-0.3, -0.25) is 4.98 Å². The van der Waals surface area contributed by atoms with E-state index in [0.717, 1.165) is 29.2 Å². The fourth-order valence-electron chi connectivity index (χ4n) is 1.99. The molecule has 0 aromatic carbocycles. The Bertz CT molecular complexity index is 618. The van der Waals surface area contributed by atoms with E-state index in [4.69, 9.17) is 4.74 Å². The topological polar surface area (TPSA) is 47.0 Å². The van der Waals surface area contributed by atoms with Crippen LogP contribution in [0.2, 0.25) is 0 Å². The van der Waals surface area contributed by atoms with E-state index in [1.165, 1.54) is 0 Å². The fourth-order valence-corrected chi connectivity index (χ4v) is 1.99. The second-order valence-corrected chi connectivity index (χ2v) is 6.17. The van der Waals surface area contributed by atoms with Gasteiger partial charge in [0.2, 0.25) is 5.88 Å². The summed E-state index contributed by atoms with van der Waals surface area (Å²) in [6.45, 7) is 9.16. The van der Waals surface area contributed by atoms with Gasteiger partial charge in [-0.1, -0.05) is 20.8 Å². The summed E-state index contributed by atoms with van der Waals surface area (Å²) in [6, 6.07) is 7.87. The lowest BCUT2D eigenvalue weighted by Crippen LogP contribution is -2.15. The highest BCUT2D eigenvalue weighted by molar-refractivity contribution is 5.34. The predicted molar refractivity (Wildman–Crippen MR) is 84.7 cm³/mol. The van der Waals surface area contributed by atoms with Crippen LogP contribution in [0, 0.1) is 6.92 Å². The molecule has 2 aromatic rings. The van der Waals surface area contributed by atoms with E-state index >= 15 is 0 Å². The van der Waals surface area contributed by atoms with Gasteiger partial charge >= 0.3 is 0 Å². The molecule has 0 bridgehead atoms. The number of pyridine rings is 2. The molecule has 0 fully saturated rings. The first-order valence-corrected chi connectivity index (χ1v) is 7.15. The standard InChI is InChI=1S/C17H23N3O/c1-12-14(7-6-8-19-12)21-16-10-13(11-18-5)9-15(20-16)17(2,3)4/h6-10,18H,11H2,1-5H3. The minimum Gasteiger partial charge on any atom is -0.437 e. The van der Waals surface area contributed by atoms with Crippen molar-refractivity contribution in [1.29, 1.82) is 0 Å². The maximum absolute atomic E-state index is 5.93. The van der Waals surface area contributed by atoms with Crippen molar-refractivity contribution < 1.29 is 4.74 Å². The number of aryl methyl sites for hydroxylation is 1. The molecule has 0 spiro atoms. The third kappa shape index (κ3) is 4.02. The zero-order valence-corrected chi connectivity index (χ0v) is 13.4. The quantitative estimate of drug-likeness (QED) is 0.932. The molecule has 0 aliphatic rings. The number of aromatic nitrogens is 2. The van der Waals surface area contributed by atoms with Crippen molar-refractivity contribution in [2.75, 3.05) is 7.05 Å². The van der Waals surface area contributed by atoms with Gasteiger partial charge < -0.3 is 10.1 Å². The monoisotopic (exact) mass is 285 g/mol. The molecule has 0 radical (unpaired) electrons. The molecule has 4 heteroatoms. The van der Waals surface area contributed by atoms with Crippen LogP contribution in [0.1, 0.15) is 37.7 Å². The maximum Gasteiger partial charge on any atom is 0.219 e. The highest BCUT2D eigenvalue weighted by Gasteiger charge is 2.18. The number of nitrogens with one attached hydrogen (secondary N) is 1. The molecule has 0 saturated heterocycles. The van der Waals surface area contributed by atoms with E-state index in [0.29, 0.717) is 5.88 Å². The van der Waals surface area contributed by atoms with Crippen molar-refractivity contribution in [3.05, 3.63) is 47.4 Å². The second kappa shape index (κ2) is 6.22. The fraction of sp³-hybridized carbons (Fsp3) is 0.412. The molecule has 0 amide bonds. The normalized spacial score (nSPS) is 11.5. The van der Waals surface area contributed by atoms with Crippen molar-refractivity contribution in [2.45, 2.75) is 39.7 Å². The Kier molecular flexibility index (Phi) is 4.58. The summed E-state index contributed by atoms with van der Waals surface area (Å²) in [5.74, 6) is 1.36. The van der Waals surface area contributed by atoms with E-state index < -0.39 is 0 Å². The summed E-state index contributed by atoms with van der Waals surface area (Å²) >= 11 is 0. The zero-order chi connectivity index (χ0) is 15.5. The first-order valence-electron chi connectivity index (χ1n) is 7.15. The highest BCUT2D eigenvalue weighted by Crippen LogP contribution is 2.27. The van der Waals surface area contributed by atoms with E-state index in [-0.39, 0.29) is 5.41 Å². The highest BCUT2D eigenvalue weighted by atomic mass is 16.5. The van der Waals surface area contributed by atoms with Gasteiger partial charge in [-0.15, -0.1) is 0 Å². The molecular formula is C17H23N3O. The predicted octanol–water partition coefficient (Wildman–Crippen LogP) is 3.59. The number of rotatable bonds is 4. The molecule has 112 valence electrons. The number of ether oxygens (including phenoxy) is 1. The Hall–Kier alpha value is -1.94. The molecule has 21 heavy (non-hydrogen) atoms. The number of hydrogen-bond donors (Lipinski definition) is 1. The first kappa shape index (κ1) is 15.4. The van der Waals surface area contributed by atoms with Gasteiger partial charge in [0.25, 0.3) is 0 Å². The Labute approximate surface area is 126 Å². The van der Waals surface area contributed by atoms with Crippen LogP contribution in [-0.2, 0) is 12.0 Å². The summed E-state index contributed by atoms with van der Waals surface area (Å²) in [5, 5.41) is 3.17. The van der Waals surface area contributed by atoms with Gasteiger partial charge in [-0.25, -0.2) is 4.98 Å². The Morgan fingerprint density at radius 3 is 2.62 bits per heavy atom. The van der Waals surface area contributed by atoms with Crippen LogP contribution in [0.25, 0.3) is 0 Å². The number of nitrogens with zero attached hydrogens (tertiary/aromatic N) is 2. The van der Waals surface area contributed by atoms with Crippen LogP contribution in [0.4, 0.5) is 0 Å². The van der Waals surface area contributed by atoms with Gasteiger partial charge in [0, 0.05) is 24.2 Å². The molecule has 2 rings (SSSR count). The second-order valence-electron chi connectivity index (χ2n) is 6.17. The Morgan fingerprint density at radius 2 is 2.00 bits per heavy atom. The molecule has 1 N–H and O–H groups in total. The van der Waals surface area contributed by atoms with Crippen molar-refractivity contribution in [3.8, 4) is 11.6 Å². The minimum absolute atomic E-state index is 0.0220. The summed E-state index contributed by atoms with van der Waals surface area (Å²) in [4.78, 5) is 8.89. The molecular weight excluding hydrogens is 262 g/mol. The van der Waals surface area contributed by atoms with Crippen LogP contribution in [0.5, 0.6) is 11.6 Å². The van der Waals surface area contributed by atoms with E-state index in [2.05, 4.69) is 42.1 Å². The maximum atomic E-state index is 5.93. The molecule has 2 heterocycles. The van der Waals surface area contributed by atoms with Gasteiger partial charge in [-0.05, 0) is 37.7 Å². The van der Waals surface area contributed by atoms with Crippen molar-refractivity contribution in [2.24, 2.45) is 0 Å². The average Bonchev–Trinajstić information content (AvgIpc) is 2.41. The average molecular weight is 285 g/mol. The molecule has 0 atom stereocenters. The lowest BCUT2D eigenvalue weighted by Gasteiger charge is -2.20. The summed E-state index contributed by atoms with van der Waals surface area (Å²) < 4.78 is 5.93. The van der Waals surface area contributed by atoms with Gasteiger partial charge in [0.1, 0.15) is 0 Å². The summed E-state index contributed by atoms with van der Waals surface area (Å²) in [6.07, 6.45) is 1.76. The largest absolute Gasteiger partial charge is 0.437 e. The van der Waals surface area contributed by atoms with Crippen molar-refractivity contribution >= 4 is 0 Å². The molecule has 0 aliphatic heterocycles. The van der Waals surface area contributed by atoms with E-state index in [9.17, 15) is 0 Å². The first-order chi connectivity index (χ1) is 9.90. The van der Waals surface area contributed by atoms with Gasteiger partial charge in [-0.2, -0.15) is 0 Å². The lowest BCUT2D eigenvalue weighted by molar-refractivity contribution is 0.445. The lowest BCUT2D eigenvalue weighted by atomic mass is 9.91. The summed E-state index contributed by atoms with van der Waals surface area (Å²) in [5.41, 5.74) is 3.02. The van der Waals surface area contributed by atoms with E-state index in [1.54, 1.807) is 6.20 Å². The van der Waals surface area contributed by atoms with Crippen molar-refractivity contribution in [1.82, 2.24) is 15.3 Å². The van der Waals surface area contributed by atoms with E-state index in [1.807, 2.05) is 32.2 Å². The van der Waals surface area contributed by atoms with Crippen molar-refractivity contribution in [3.63, 3.8) is 0 Å². The summed E-state index contributed by atoms with van der Waals surface area (Å²) in [7, 11) is 1.93. The Morgan fingerprint density at radius 1 is 1.24 bits per heavy atom. The smallest absolute Gasteiger partial charge is 0.219 e. The molecule has 4 nitrogen and oxygen atoms in total. The van der Waals surface area contributed by atoms with Crippen LogP contribution >= 0.6 is 0 Å². The van der Waals surface area contributed by atoms with Gasteiger partial charge in [0.15, 0.2) is 5.75 Å². The minimum atomic E-state index is -0.0220. The third-order valence-corrected chi connectivity index (χ3v) is 3.18. The SMILES string of the molecule is CNCc1cc(Oc2cccnc2C)nc(C(C)(C)C)c1. The number of hydrogen-bond acceptors (Lipinski definition) is 4. The molecule has 0 saturated carbocycles. The van der Waals surface area contributed by atoms with Gasteiger partial charge in [0.05, 0.1) is 11.4 Å². The van der Waals surface area contributed by atoms with Crippen LogP contribution in [0.15, 0.2) is 30.5 Å². The molecule has 0 aliphatic carbocycles. The molecule has 2 aromatic heterocycles. The van der Waals surface area contributed by atoms with Crippen LogP contribution in [0.3, 0.4) is 0 Å². The Balaban J connectivity index is 2.38.